The summed E-state index contributed by atoms with van der Waals surface area (Å²) in [7, 11) is 1.82. The molecule has 1 aromatic carbocycles. The first kappa shape index (κ1) is 17.3. The highest BCUT2D eigenvalue weighted by molar-refractivity contribution is 7.80. The van der Waals surface area contributed by atoms with Crippen LogP contribution in [0.1, 0.15) is 29.8 Å². The number of rotatable bonds is 3. The molecule has 4 nitrogen and oxygen atoms in total. The van der Waals surface area contributed by atoms with E-state index in [0.717, 1.165) is 17.3 Å². The Bertz CT molecular complexity index is 709. The number of halogens is 3. The molecule has 0 saturated heterocycles. The van der Waals surface area contributed by atoms with Crippen LogP contribution in [-0.2, 0) is 13.2 Å². The van der Waals surface area contributed by atoms with Crippen molar-refractivity contribution in [3.8, 4) is 0 Å². The van der Waals surface area contributed by atoms with Crippen LogP contribution in [0, 0.1) is 6.92 Å². The number of nitrogens with one attached hydrogen (secondary N) is 2. The van der Waals surface area contributed by atoms with Gasteiger partial charge >= 0.3 is 6.18 Å². The summed E-state index contributed by atoms with van der Waals surface area (Å²) in [4.78, 5) is 0. The van der Waals surface area contributed by atoms with E-state index in [0.29, 0.717) is 0 Å². The number of para-hydroxylation sites is 1. The molecule has 2 aromatic rings. The number of nitrogens with zero attached hydrogens (tertiary/aromatic N) is 2. The van der Waals surface area contributed by atoms with Crippen LogP contribution in [0.5, 0.6) is 0 Å². The minimum absolute atomic E-state index is 0.0763. The van der Waals surface area contributed by atoms with E-state index in [-0.39, 0.29) is 16.8 Å². The third-order valence-corrected chi connectivity index (χ3v) is 3.79. The fourth-order valence-corrected chi connectivity index (χ4v) is 2.50. The van der Waals surface area contributed by atoms with Gasteiger partial charge in [0.2, 0.25) is 0 Å². The molecule has 8 heteroatoms. The molecule has 0 bridgehead atoms. The summed E-state index contributed by atoms with van der Waals surface area (Å²) in [6.07, 6.45) is -2.73. The van der Waals surface area contributed by atoms with Crippen LogP contribution in [0.4, 0.5) is 18.9 Å². The van der Waals surface area contributed by atoms with Crippen LogP contribution in [0.25, 0.3) is 0 Å². The largest absolute Gasteiger partial charge is 0.418 e. The molecule has 0 aliphatic heterocycles. The number of hydrogen-bond acceptors (Lipinski definition) is 2. The number of aromatic nitrogens is 2. The number of anilines is 1. The van der Waals surface area contributed by atoms with Gasteiger partial charge in [0, 0.05) is 18.3 Å². The minimum Gasteiger partial charge on any atom is -0.356 e. The lowest BCUT2D eigenvalue weighted by Gasteiger charge is -2.19. The van der Waals surface area contributed by atoms with Gasteiger partial charge in [0.15, 0.2) is 5.11 Å². The Morgan fingerprint density at radius 2 is 1.96 bits per heavy atom. The maximum atomic E-state index is 13.0. The molecule has 124 valence electrons. The van der Waals surface area contributed by atoms with E-state index in [1.165, 1.54) is 18.2 Å². The quantitative estimate of drug-likeness (QED) is 0.833. The number of thiocarbonyl (C=S) groups is 1. The standard InChI is InChI=1S/C15H17F3N4S/c1-9(11-8-19-22(3)10(11)2)20-14(23)21-13-7-5-4-6-12(13)15(16,17)18/h4-9H,1-3H3,(H2,20,21,23)/t9-/m1/s1. The van der Waals surface area contributed by atoms with E-state index in [1.807, 2.05) is 20.9 Å². The highest BCUT2D eigenvalue weighted by Gasteiger charge is 2.33. The van der Waals surface area contributed by atoms with Crippen molar-refractivity contribution in [2.24, 2.45) is 7.05 Å². The topological polar surface area (TPSA) is 41.9 Å². The second-order valence-corrected chi connectivity index (χ2v) is 5.58. The molecule has 2 N–H and O–H groups in total. The molecule has 0 saturated carbocycles. The van der Waals surface area contributed by atoms with Gasteiger partial charge in [-0.25, -0.2) is 0 Å². The van der Waals surface area contributed by atoms with Gasteiger partial charge in [-0.2, -0.15) is 18.3 Å². The molecule has 1 aromatic heterocycles. The van der Waals surface area contributed by atoms with Gasteiger partial charge in [0.25, 0.3) is 0 Å². The molecule has 0 unspecified atom stereocenters. The van der Waals surface area contributed by atoms with Crippen LogP contribution < -0.4 is 10.6 Å². The van der Waals surface area contributed by atoms with Gasteiger partial charge in [0.1, 0.15) is 0 Å². The maximum Gasteiger partial charge on any atom is 0.418 e. The van der Waals surface area contributed by atoms with Crippen LogP contribution in [0.2, 0.25) is 0 Å². The van der Waals surface area contributed by atoms with E-state index in [9.17, 15) is 13.2 Å². The summed E-state index contributed by atoms with van der Waals surface area (Å²) < 4.78 is 40.6. The Morgan fingerprint density at radius 3 is 2.52 bits per heavy atom. The Balaban J connectivity index is 2.10. The second kappa shape index (κ2) is 6.57. The Kier molecular flexibility index (Phi) is 4.93. The average molecular weight is 342 g/mol. The SMILES string of the molecule is Cc1c([C@@H](C)NC(=S)Nc2ccccc2C(F)(F)F)cnn1C. The molecule has 1 atom stereocenters. The molecule has 0 aliphatic rings. The van der Waals surface area contributed by atoms with Gasteiger partial charge in [-0.1, -0.05) is 12.1 Å². The summed E-state index contributed by atoms with van der Waals surface area (Å²) in [6, 6.07) is 5.04. The summed E-state index contributed by atoms with van der Waals surface area (Å²) in [5.74, 6) is 0. The molecule has 23 heavy (non-hydrogen) atoms. The van der Waals surface area contributed by atoms with Crippen LogP contribution in [0.3, 0.4) is 0 Å². The molecular weight excluding hydrogens is 325 g/mol. The van der Waals surface area contributed by atoms with Crippen molar-refractivity contribution in [2.75, 3.05) is 5.32 Å². The number of benzene rings is 1. The van der Waals surface area contributed by atoms with Gasteiger partial charge in [-0.05, 0) is 38.2 Å². The molecule has 0 spiro atoms. The fraction of sp³-hybridized carbons (Fsp3) is 0.333. The zero-order valence-corrected chi connectivity index (χ0v) is 13.7. The molecule has 0 aliphatic carbocycles. The zero-order valence-electron chi connectivity index (χ0n) is 12.9. The normalized spacial score (nSPS) is 12.8. The first-order valence-corrected chi connectivity index (χ1v) is 7.33. The monoisotopic (exact) mass is 342 g/mol. The molecule has 0 fully saturated rings. The van der Waals surface area contributed by atoms with E-state index < -0.39 is 11.7 Å². The van der Waals surface area contributed by atoms with Crippen molar-refractivity contribution in [3.63, 3.8) is 0 Å². The van der Waals surface area contributed by atoms with Gasteiger partial charge in [0.05, 0.1) is 23.5 Å². The first-order chi connectivity index (χ1) is 10.7. The van der Waals surface area contributed by atoms with Crippen molar-refractivity contribution in [3.05, 3.63) is 47.3 Å². The van der Waals surface area contributed by atoms with E-state index in [1.54, 1.807) is 10.9 Å². The Labute approximate surface area is 137 Å². The fourth-order valence-electron chi connectivity index (χ4n) is 2.21. The third-order valence-electron chi connectivity index (χ3n) is 3.57. The molecule has 0 radical (unpaired) electrons. The van der Waals surface area contributed by atoms with Crippen molar-refractivity contribution in [1.29, 1.82) is 0 Å². The van der Waals surface area contributed by atoms with E-state index in [4.69, 9.17) is 12.2 Å². The van der Waals surface area contributed by atoms with E-state index in [2.05, 4.69) is 15.7 Å². The van der Waals surface area contributed by atoms with Gasteiger partial charge < -0.3 is 10.6 Å². The maximum absolute atomic E-state index is 13.0. The molecular formula is C15H17F3N4S. The lowest BCUT2D eigenvalue weighted by molar-refractivity contribution is -0.136. The van der Waals surface area contributed by atoms with Crippen LogP contribution in [-0.4, -0.2) is 14.9 Å². The smallest absolute Gasteiger partial charge is 0.356 e. The highest BCUT2D eigenvalue weighted by Crippen LogP contribution is 2.34. The second-order valence-electron chi connectivity index (χ2n) is 5.17. The first-order valence-electron chi connectivity index (χ1n) is 6.92. The van der Waals surface area contributed by atoms with Crippen molar-refractivity contribution in [2.45, 2.75) is 26.1 Å². The Morgan fingerprint density at radius 1 is 1.30 bits per heavy atom. The van der Waals surface area contributed by atoms with Gasteiger partial charge in [-0.15, -0.1) is 0 Å². The van der Waals surface area contributed by atoms with Crippen molar-refractivity contribution >= 4 is 23.0 Å². The van der Waals surface area contributed by atoms with Crippen molar-refractivity contribution in [1.82, 2.24) is 15.1 Å². The summed E-state index contributed by atoms with van der Waals surface area (Å²) in [5, 5.41) is 9.86. The van der Waals surface area contributed by atoms with Crippen LogP contribution in [0.15, 0.2) is 30.5 Å². The number of aryl methyl sites for hydroxylation is 1. The molecule has 1 heterocycles. The van der Waals surface area contributed by atoms with Crippen molar-refractivity contribution < 1.29 is 13.2 Å². The zero-order chi connectivity index (χ0) is 17.2. The summed E-state index contributed by atoms with van der Waals surface area (Å²) >= 11 is 5.13. The minimum atomic E-state index is -4.44. The lowest BCUT2D eigenvalue weighted by Crippen LogP contribution is -2.31. The van der Waals surface area contributed by atoms with Crippen LogP contribution >= 0.6 is 12.2 Å². The predicted octanol–water partition coefficient (Wildman–Crippen LogP) is 3.79. The lowest BCUT2D eigenvalue weighted by atomic mass is 10.1. The highest BCUT2D eigenvalue weighted by atomic mass is 32.1. The molecule has 0 amide bonds. The number of hydrogen-bond donors (Lipinski definition) is 2. The molecule has 2 rings (SSSR count). The third kappa shape index (κ3) is 4.01. The Hall–Kier alpha value is -2.09. The number of alkyl halides is 3. The summed E-state index contributed by atoms with van der Waals surface area (Å²) in [6.45, 7) is 3.78. The predicted molar refractivity (Wildman–Crippen MR) is 87.2 cm³/mol. The van der Waals surface area contributed by atoms with E-state index >= 15 is 0 Å². The average Bonchev–Trinajstić information content (AvgIpc) is 2.78. The van der Waals surface area contributed by atoms with Gasteiger partial charge in [-0.3, -0.25) is 4.68 Å². The summed E-state index contributed by atoms with van der Waals surface area (Å²) in [5.41, 5.74) is 1.06.